The van der Waals surface area contributed by atoms with Crippen LogP contribution in [0.15, 0.2) is 29.1 Å². The number of aromatic amines is 1. The van der Waals surface area contributed by atoms with Gasteiger partial charge in [0.1, 0.15) is 5.82 Å². The van der Waals surface area contributed by atoms with Gasteiger partial charge in [-0.25, -0.2) is 0 Å². The molecule has 2 aliphatic heterocycles. The van der Waals surface area contributed by atoms with Crippen LogP contribution in [0.3, 0.4) is 0 Å². The van der Waals surface area contributed by atoms with Crippen LogP contribution in [0.2, 0.25) is 5.02 Å². The number of fused-ring (bicyclic) bond motifs is 1. The van der Waals surface area contributed by atoms with E-state index in [1.165, 1.54) is 6.42 Å². The number of halogens is 1. The first-order valence-corrected chi connectivity index (χ1v) is 8.94. The Balaban J connectivity index is 1.78. The zero-order valence-electron chi connectivity index (χ0n) is 13.7. The van der Waals surface area contributed by atoms with E-state index >= 15 is 0 Å². The van der Waals surface area contributed by atoms with Gasteiger partial charge in [0.2, 0.25) is 11.9 Å². The molecule has 0 aliphatic carbocycles. The number of aromatic nitrogens is 2. The third-order valence-corrected chi connectivity index (χ3v) is 5.08. The van der Waals surface area contributed by atoms with Gasteiger partial charge in [-0.05, 0) is 37.0 Å². The third kappa shape index (κ3) is 3.14. The predicted molar refractivity (Wildman–Crippen MR) is 97.5 cm³/mol. The molecule has 2 N–H and O–H groups in total. The van der Waals surface area contributed by atoms with E-state index in [4.69, 9.17) is 11.6 Å². The molecule has 1 fully saturated rings. The highest BCUT2D eigenvalue weighted by Crippen LogP contribution is 2.35. The van der Waals surface area contributed by atoms with Gasteiger partial charge in [-0.2, -0.15) is 4.98 Å². The molecular weight excluding hydrogens is 340 g/mol. The maximum atomic E-state index is 12.8. The molecule has 1 amide bonds. The van der Waals surface area contributed by atoms with Crippen LogP contribution < -0.4 is 15.8 Å². The fraction of sp³-hybridized carbons (Fsp3) is 0.389. The molecule has 130 valence electrons. The molecule has 1 aromatic carbocycles. The second kappa shape index (κ2) is 6.52. The van der Waals surface area contributed by atoms with Crippen LogP contribution in [-0.4, -0.2) is 29.0 Å². The Bertz CT molecular complexity index is 874. The van der Waals surface area contributed by atoms with E-state index in [-0.39, 0.29) is 23.8 Å². The Kier molecular flexibility index (Phi) is 4.21. The van der Waals surface area contributed by atoms with Crippen molar-refractivity contribution in [1.82, 2.24) is 9.97 Å². The van der Waals surface area contributed by atoms with Gasteiger partial charge in [0.25, 0.3) is 5.56 Å². The highest BCUT2D eigenvalue weighted by molar-refractivity contribution is 6.30. The molecule has 2 aliphatic rings. The number of hydrogen-bond donors (Lipinski definition) is 2. The van der Waals surface area contributed by atoms with Crippen molar-refractivity contribution in [3.63, 3.8) is 0 Å². The molecule has 3 heterocycles. The summed E-state index contributed by atoms with van der Waals surface area (Å²) in [5, 5.41) is 3.35. The average Bonchev–Trinajstić information content (AvgIpc) is 2.61. The van der Waals surface area contributed by atoms with E-state index in [0.29, 0.717) is 22.4 Å². The van der Waals surface area contributed by atoms with Crippen LogP contribution in [0.5, 0.6) is 0 Å². The molecule has 0 saturated carbocycles. The molecule has 1 unspecified atom stereocenters. The van der Waals surface area contributed by atoms with Crippen LogP contribution in [0.25, 0.3) is 0 Å². The van der Waals surface area contributed by atoms with Crippen molar-refractivity contribution >= 4 is 29.3 Å². The minimum atomic E-state index is -0.339. The lowest BCUT2D eigenvalue weighted by atomic mass is 9.87. The summed E-state index contributed by atoms with van der Waals surface area (Å²) in [5.74, 6) is 0.426. The Hall–Kier alpha value is -2.34. The van der Waals surface area contributed by atoms with Crippen molar-refractivity contribution in [2.45, 2.75) is 31.6 Å². The molecule has 0 radical (unpaired) electrons. The van der Waals surface area contributed by atoms with Gasteiger partial charge < -0.3 is 10.2 Å². The van der Waals surface area contributed by atoms with E-state index in [0.717, 1.165) is 31.5 Å². The van der Waals surface area contributed by atoms with Crippen LogP contribution in [0, 0.1) is 0 Å². The smallest absolute Gasteiger partial charge is 0.258 e. The fourth-order valence-electron chi connectivity index (χ4n) is 3.62. The van der Waals surface area contributed by atoms with Gasteiger partial charge in [0, 0.05) is 30.5 Å². The molecular formula is C18H19ClN4O2. The lowest BCUT2D eigenvalue weighted by Crippen LogP contribution is -2.36. The van der Waals surface area contributed by atoms with Crippen molar-refractivity contribution < 1.29 is 4.79 Å². The number of rotatable bonds is 2. The summed E-state index contributed by atoms with van der Waals surface area (Å²) in [6.07, 6.45) is 3.57. The summed E-state index contributed by atoms with van der Waals surface area (Å²) >= 11 is 6.09. The number of benzene rings is 1. The zero-order chi connectivity index (χ0) is 17.4. The summed E-state index contributed by atoms with van der Waals surface area (Å²) in [7, 11) is 0. The normalized spacial score (nSPS) is 20.1. The van der Waals surface area contributed by atoms with Crippen LogP contribution in [-0.2, 0) is 4.79 Å². The summed E-state index contributed by atoms with van der Waals surface area (Å²) in [5.41, 5.74) is 1.15. The minimum absolute atomic E-state index is 0.139. The summed E-state index contributed by atoms with van der Waals surface area (Å²) < 4.78 is 0. The van der Waals surface area contributed by atoms with Crippen molar-refractivity contribution in [3.8, 4) is 0 Å². The standard InChI is InChI=1S/C18H19ClN4O2/c19-12-6-4-5-11(9-12)13-10-14(24)20-16-15(13)17(25)22-18(21-16)23-7-2-1-3-8-23/h4-6,9,13H,1-3,7-8,10H2,(H2,20,21,22,24,25). The molecule has 1 saturated heterocycles. The molecule has 2 aromatic rings. The van der Waals surface area contributed by atoms with E-state index in [9.17, 15) is 9.59 Å². The number of anilines is 2. The highest BCUT2D eigenvalue weighted by atomic mass is 35.5. The molecule has 4 rings (SSSR count). The number of nitrogens with one attached hydrogen (secondary N) is 2. The molecule has 1 aromatic heterocycles. The van der Waals surface area contributed by atoms with Crippen molar-refractivity contribution in [2.24, 2.45) is 0 Å². The van der Waals surface area contributed by atoms with Gasteiger partial charge in [0.15, 0.2) is 0 Å². The van der Waals surface area contributed by atoms with Crippen LogP contribution in [0.4, 0.5) is 11.8 Å². The van der Waals surface area contributed by atoms with Crippen LogP contribution >= 0.6 is 11.6 Å². The van der Waals surface area contributed by atoms with Gasteiger partial charge in [-0.3, -0.25) is 14.6 Å². The molecule has 25 heavy (non-hydrogen) atoms. The quantitative estimate of drug-likeness (QED) is 0.865. The third-order valence-electron chi connectivity index (χ3n) is 4.85. The molecule has 7 heteroatoms. The number of H-pyrrole nitrogens is 1. The summed E-state index contributed by atoms with van der Waals surface area (Å²) in [4.78, 5) is 34.5. The number of amides is 1. The lowest BCUT2D eigenvalue weighted by Gasteiger charge is -2.29. The number of piperidine rings is 1. The first kappa shape index (κ1) is 16.1. The maximum Gasteiger partial charge on any atom is 0.258 e. The topological polar surface area (TPSA) is 78.1 Å². The predicted octanol–water partition coefficient (Wildman–Crippen LogP) is 2.89. The average molecular weight is 359 g/mol. The largest absolute Gasteiger partial charge is 0.342 e. The highest BCUT2D eigenvalue weighted by Gasteiger charge is 2.31. The fourth-order valence-corrected chi connectivity index (χ4v) is 3.82. The van der Waals surface area contributed by atoms with E-state index in [1.807, 2.05) is 12.1 Å². The number of carbonyl (C=O) groups is 1. The number of nitrogens with zero attached hydrogens (tertiary/aromatic N) is 2. The lowest BCUT2D eigenvalue weighted by molar-refractivity contribution is -0.116. The van der Waals surface area contributed by atoms with Gasteiger partial charge in [0.05, 0.1) is 5.56 Å². The van der Waals surface area contributed by atoms with Crippen molar-refractivity contribution in [3.05, 3.63) is 50.8 Å². The first-order valence-electron chi connectivity index (χ1n) is 8.56. The first-order chi connectivity index (χ1) is 12.1. The Morgan fingerprint density at radius 2 is 1.96 bits per heavy atom. The monoisotopic (exact) mass is 358 g/mol. The van der Waals surface area contributed by atoms with Crippen molar-refractivity contribution in [2.75, 3.05) is 23.3 Å². The summed E-state index contributed by atoms with van der Waals surface area (Å²) in [6.45, 7) is 1.74. The zero-order valence-corrected chi connectivity index (χ0v) is 14.5. The maximum absolute atomic E-state index is 12.8. The SMILES string of the molecule is O=C1CC(c2cccc(Cl)c2)c2c(nc(N3CCCCC3)[nH]c2=O)N1. The Morgan fingerprint density at radius 1 is 1.16 bits per heavy atom. The van der Waals surface area contributed by atoms with Gasteiger partial charge >= 0.3 is 0 Å². The number of carbonyl (C=O) groups excluding carboxylic acids is 1. The minimum Gasteiger partial charge on any atom is -0.342 e. The Labute approximate surface area is 150 Å². The second-order valence-electron chi connectivity index (χ2n) is 6.56. The molecule has 1 atom stereocenters. The van der Waals surface area contributed by atoms with Gasteiger partial charge in [-0.15, -0.1) is 0 Å². The second-order valence-corrected chi connectivity index (χ2v) is 7.00. The summed E-state index contributed by atoms with van der Waals surface area (Å²) in [6, 6.07) is 7.29. The van der Waals surface area contributed by atoms with E-state index < -0.39 is 0 Å². The van der Waals surface area contributed by atoms with E-state index in [1.54, 1.807) is 12.1 Å². The molecule has 6 nitrogen and oxygen atoms in total. The van der Waals surface area contributed by atoms with Crippen LogP contribution in [0.1, 0.15) is 42.7 Å². The molecule has 0 bridgehead atoms. The van der Waals surface area contributed by atoms with Crippen molar-refractivity contribution in [1.29, 1.82) is 0 Å². The number of hydrogen-bond acceptors (Lipinski definition) is 4. The Morgan fingerprint density at radius 3 is 2.72 bits per heavy atom. The molecule has 0 spiro atoms. The van der Waals surface area contributed by atoms with E-state index in [2.05, 4.69) is 20.2 Å². The van der Waals surface area contributed by atoms with Gasteiger partial charge in [-0.1, -0.05) is 23.7 Å².